The van der Waals surface area contributed by atoms with E-state index < -0.39 is 0 Å². The van der Waals surface area contributed by atoms with Gasteiger partial charge < -0.3 is 19.7 Å². The number of anilines is 1. The molecule has 1 aliphatic rings. The van der Waals surface area contributed by atoms with Crippen molar-refractivity contribution in [2.45, 2.75) is 26.4 Å². The van der Waals surface area contributed by atoms with Gasteiger partial charge in [0.15, 0.2) is 5.75 Å². The number of carbonyl (C=O) groups is 1. The number of hydrogen-bond donors (Lipinski definition) is 1. The second-order valence-corrected chi connectivity index (χ2v) is 6.95. The molecule has 1 saturated heterocycles. The van der Waals surface area contributed by atoms with Gasteiger partial charge in [-0.05, 0) is 48.8 Å². The van der Waals surface area contributed by atoms with Crippen molar-refractivity contribution >= 4 is 39.2 Å². The first-order chi connectivity index (χ1) is 10.3. The van der Waals surface area contributed by atoms with Gasteiger partial charge in [-0.3, -0.25) is 0 Å². The van der Waals surface area contributed by atoms with Gasteiger partial charge in [0.2, 0.25) is 0 Å². The zero-order valence-corrected chi connectivity index (χ0v) is 15.3. The molecule has 0 bridgehead atoms. The fraction of sp³-hybridized carbons (Fsp3) is 0.533. The molecule has 0 radical (unpaired) electrons. The van der Waals surface area contributed by atoms with Crippen molar-refractivity contribution in [1.82, 2.24) is 4.90 Å². The molecule has 0 aromatic heterocycles. The third-order valence-electron chi connectivity index (χ3n) is 3.25. The predicted octanol–water partition coefficient (Wildman–Crippen LogP) is 4.14. The van der Waals surface area contributed by atoms with Crippen LogP contribution in [-0.2, 0) is 4.74 Å². The van der Waals surface area contributed by atoms with Gasteiger partial charge in [0.05, 0.1) is 35.5 Å². The minimum atomic E-state index is -0.340. The Labute approximate surface area is 144 Å². The van der Waals surface area contributed by atoms with Gasteiger partial charge in [-0.1, -0.05) is 11.6 Å². The monoisotopic (exact) mass is 390 g/mol. The minimum absolute atomic E-state index is 0.188. The highest BCUT2D eigenvalue weighted by Crippen LogP contribution is 2.36. The number of halogens is 2. The van der Waals surface area contributed by atoms with E-state index in [4.69, 9.17) is 21.1 Å². The molecule has 2 rings (SSSR count). The van der Waals surface area contributed by atoms with Gasteiger partial charge in [-0.15, -0.1) is 0 Å². The van der Waals surface area contributed by atoms with Crippen molar-refractivity contribution in [2.24, 2.45) is 0 Å². The minimum Gasteiger partial charge on any atom is -0.491 e. The van der Waals surface area contributed by atoms with E-state index in [0.29, 0.717) is 47.2 Å². The Morgan fingerprint density at radius 3 is 2.91 bits per heavy atom. The van der Waals surface area contributed by atoms with Gasteiger partial charge in [0.25, 0.3) is 0 Å². The number of ether oxygens (including phenoxy) is 2. The first-order valence-electron chi connectivity index (χ1n) is 7.14. The Hall–Kier alpha value is -0.980. The molecule has 1 aliphatic heterocycles. The van der Waals surface area contributed by atoms with Gasteiger partial charge in [0.1, 0.15) is 0 Å². The smallest absolute Gasteiger partial charge is 0.322 e. The third-order valence-corrected chi connectivity index (χ3v) is 4.06. The van der Waals surface area contributed by atoms with E-state index in [1.165, 1.54) is 0 Å². The summed E-state index contributed by atoms with van der Waals surface area (Å²) in [4.78, 5) is 14.2. The lowest BCUT2D eigenvalue weighted by molar-refractivity contribution is -0.0720. The predicted molar refractivity (Wildman–Crippen MR) is 90.9 cm³/mol. The number of nitrogens with zero attached hydrogens (tertiary/aromatic N) is 1. The molecule has 0 unspecified atom stereocenters. The van der Waals surface area contributed by atoms with Crippen LogP contribution in [0.1, 0.15) is 20.8 Å². The summed E-state index contributed by atoms with van der Waals surface area (Å²) in [5.41, 5.74) is 0.211. The summed E-state index contributed by atoms with van der Waals surface area (Å²) < 4.78 is 11.9. The van der Waals surface area contributed by atoms with Gasteiger partial charge in [-0.25, -0.2) is 4.79 Å². The Kier molecular flexibility index (Phi) is 5.58. The first-order valence-corrected chi connectivity index (χ1v) is 8.31. The van der Waals surface area contributed by atoms with Gasteiger partial charge in [-0.2, -0.15) is 0 Å². The van der Waals surface area contributed by atoms with Crippen LogP contribution in [0.25, 0.3) is 0 Å². The fourth-order valence-corrected chi connectivity index (χ4v) is 3.25. The highest BCUT2D eigenvalue weighted by Gasteiger charge is 2.30. The average Bonchev–Trinajstić information content (AvgIpc) is 2.41. The molecule has 122 valence electrons. The summed E-state index contributed by atoms with van der Waals surface area (Å²) in [6.45, 7) is 7.93. The van der Waals surface area contributed by atoms with Crippen LogP contribution in [0, 0.1) is 0 Å². The number of rotatable bonds is 3. The Balaban J connectivity index is 2.17. The molecule has 0 saturated carbocycles. The SMILES string of the molecule is CCOc1c(Br)cc(Cl)cc1NC(=O)N1CCOC(C)(C)C1. The number of amides is 2. The number of carbonyl (C=O) groups excluding carboxylic acids is 1. The standard InChI is InChI=1S/C15H20BrClN2O3/c1-4-21-13-11(16)7-10(17)8-12(13)18-14(20)19-5-6-22-15(2,3)9-19/h7-8H,4-6,9H2,1-3H3,(H,18,20). The van der Waals surface area contributed by atoms with E-state index in [1.807, 2.05) is 20.8 Å². The van der Waals surface area contributed by atoms with Crippen molar-refractivity contribution in [3.05, 3.63) is 21.6 Å². The normalized spacial score (nSPS) is 17.2. The molecular weight excluding hydrogens is 372 g/mol. The van der Waals surface area contributed by atoms with Gasteiger partial charge >= 0.3 is 6.03 Å². The zero-order chi connectivity index (χ0) is 16.3. The van der Waals surface area contributed by atoms with E-state index in [0.717, 1.165) is 0 Å². The number of urea groups is 1. The summed E-state index contributed by atoms with van der Waals surface area (Å²) in [5.74, 6) is 0.577. The topological polar surface area (TPSA) is 50.8 Å². The molecule has 0 atom stereocenters. The number of morpholine rings is 1. The maximum Gasteiger partial charge on any atom is 0.322 e. The van der Waals surface area contributed by atoms with Crippen LogP contribution >= 0.6 is 27.5 Å². The molecule has 22 heavy (non-hydrogen) atoms. The van der Waals surface area contributed by atoms with Crippen molar-refractivity contribution < 1.29 is 14.3 Å². The highest BCUT2D eigenvalue weighted by atomic mass is 79.9. The molecule has 2 amide bonds. The average molecular weight is 392 g/mol. The molecular formula is C15H20BrClN2O3. The zero-order valence-electron chi connectivity index (χ0n) is 12.9. The van der Waals surface area contributed by atoms with Crippen molar-refractivity contribution in [3.63, 3.8) is 0 Å². The molecule has 5 nitrogen and oxygen atoms in total. The molecule has 1 N–H and O–H groups in total. The molecule has 1 fully saturated rings. The lowest BCUT2D eigenvalue weighted by atomic mass is 10.1. The van der Waals surface area contributed by atoms with Crippen molar-refractivity contribution in [3.8, 4) is 5.75 Å². The number of benzene rings is 1. The van der Waals surface area contributed by atoms with E-state index in [9.17, 15) is 4.79 Å². The van der Waals surface area contributed by atoms with E-state index in [2.05, 4.69) is 21.2 Å². The first kappa shape index (κ1) is 17.4. The Bertz CT molecular complexity index is 566. The van der Waals surface area contributed by atoms with Crippen LogP contribution < -0.4 is 10.1 Å². The van der Waals surface area contributed by atoms with E-state index in [-0.39, 0.29) is 11.6 Å². The maximum absolute atomic E-state index is 12.5. The molecule has 7 heteroatoms. The van der Waals surface area contributed by atoms with Gasteiger partial charge in [0, 0.05) is 11.6 Å². The van der Waals surface area contributed by atoms with Crippen molar-refractivity contribution in [2.75, 3.05) is 31.6 Å². The number of hydrogen-bond acceptors (Lipinski definition) is 3. The summed E-state index contributed by atoms with van der Waals surface area (Å²) in [6.07, 6.45) is 0. The molecule has 1 heterocycles. The summed E-state index contributed by atoms with van der Waals surface area (Å²) in [7, 11) is 0. The maximum atomic E-state index is 12.5. The van der Waals surface area contributed by atoms with Crippen LogP contribution in [0.5, 0.6) is 5.75 Å². The highest BCUT2D eigenvalue weighted by molar-refractivity contribution is 9.10. The Morgan fingerprint density at radius 2 is 2.27 bits per heavy atom. The lowest BCUT2D eigenvalue weighted by Crippen LogP contribution is -2.51. The Morgan fingerprint density at radius 1 is 1.55 bits per heavy atom. The summed E-state index contributed by atoms with van der Waals surface area (Å²) >= 11 is 9.47. The van der Waals surface area contributed by atoms with Crippen LogP contribution in [0.2, 0.25) is 5.02 Å². The second-order valence-electron chi connectivity index (χ2n) is 5.66. The molecule has 1 aromatic rings. The fourth-order valence-electron chi connectivity index (χ4n) is 2.33. The molecule has 0 aliphatic carbocycles. The van der Waals surface area contributed by atoms with Crippen LogP contribution in [0.4, 0.5) is 10.5 Å². The second kappa shape index (κ2) is 7.06. The quantitative estimate of drug-likeness (QED) is 0.842. The van der Waals surface area contributed by atoms with Crippen LogP contribution in [-0.4, -0.2) is 42.8 Å². The summed E-state index contributed by atoms with van der Waals surface area (Å²) in [5, 5.41) is 3.40. The van der Waals surface area contributed by atoms with Crippen molar-refractivity contribution in [1.29, 1.82) is 0 Å². The van der Waals surface area contributed by atoms with E-state index in [1.54, 1.807) is 17.0 Å². The largest absolute Gasteiger partial charge is 0.491 e. The van der Waals surface area contributed by atoms with Crippen LogP contribution in [0.3, 0.4) is 0 Å². The molecule has 0 spiro atoms. The lowest BCUT2D eigenvalue weighted by Gasteiger charge is -2.38. The third kappa shape index (κ3) is 4.27. The summed E-state index contributed by atoms with van der Waals surface area (Å²) in [6, 6.07) is 3.23. The number of nitrogens with one attached hydrogen (secondary N) is 1. The van der Waals surface area contributed by atoms with Crippen LogP contribution in [0.15, 0.2) is 16.6 Å². The van der Waals surface area contributed by atoms with E-state index >= 15 is 0 Å². The molecule has 1 aromatic carbocycles.